The van der Waals surface area contributed by atoms with E-state index in [0.717, 1.165) is 47.6 Å². The van der Waals surface area contributed by atoms with Gasteiger partial charge in [0.05, 0.1) is 12.5 Å². The van der Waals surface area contributed by atoms with Crippen LogP contribution in [0.15, 0.2) is 36.4 Å². The average molecular weight is 333 g/mol. The van der Waals surface area contributed by atoms with Gasteiger partial charge in [-0.15, -0.1) is 0 Å². The predicted octanol–water partition coefficient (Wildman–Crippen LogP) is 3.83. The van der Waals surface area contributed by atoms with Crippen molar-refractivity contribution in [1.29, 1.82) is 10.7 Å². The first-order chi connectivity index (χ1) is 12.2. The van der Waals surface area contributed by atoms with Gasteiger partial charge < -0.3 is 10.7 Å². The molecule has 1 aliphatic carbocycles. The van der Waals surface area contributed by atoms with Crippen LogP contribution in [0.25, 0.3) is 10.8 Å². The number of carbonyl (C=O) groups is 1. The monoisotopic (exact) mass is 333 g/mol. The van der Waals surface area contributed by atoms with Gasteiger partial charge in [-0.05, 0) is 53.5 Å². The highest BCUT2D eigenvalue weighted by atomic mass is 16.1. The Morgan fingerprint density at radius 3 is 2.56 bits per heavy atom. The lowest BCUT2D eigenvalue weighted by atomic mass is 9.83. The van der Waals surface area contributed by atoms with Crippen molar-refractivity contribution in [2.24, 2.45) is 11.8 Å². The molecule has 0 aliphatic heterocycles. The van der Waals surface area contributed by atoms with Gasteiger partial charge in [0.15, 0.2) is 0 Å². The van der Waals surface area contributed by atoms with E-state index in [4.69, 9.17) is 10.7 Å². The molecule has 0 radical (unpaired) electrons. The van der Waals surface area contributed by atoms with Crippen LogP contribution in [0.3, 0.4) is 0 Å². The normalized spacial score (nSPS) is 20.0. The minimum atomic E-state index is 0.0372. The molecular weight excluding hydrogens is 310 g/mol. The van der Waals surface area contributed by atoms with Crippen LogP contribution in [0.1, 0.15) is 36.8 Å². The molecule has 2 aromatic rings. The number of hydrogen-bond acceptors (Lipinski definition) is 3. The van der Waals surface area contributed by atoms with Gasteiger partial charge in [-0.25, -0.2) is 0 Å². The summed E-state index contributed by atoms with van der Waals surface area (Å²) in [5.74, 6) is 0.728. The number of nitrogens with one attached hydrogen (secondary N) is 2. The summed E-state index contributed by atoms with van der Waals surface area (Å²) in [5.41, 5.74) is 1.86. The second-order valence-electron chi connectivity index (χ2n) is 6.83. The highest BCUT2D eigenvalue weighted by molar-refractivity contribution is 6.01. The van der Waals surface area contributed by atoms with Crippen LogP contribution in [0, 0.1) is 28.6 Å². The second-order valence-corrected chi connectivity index (χ2v) is 6.83. The highest BCUT2D eigenvalue weighted by Crippen LogP contribution is 2.28. The summed E-state index contributed by atoms with van der Waals surface area (Å²) >= 11 is 0. The van der Waals surface area contributed by atoms with Crippen molar-refractivity contribution >= 4 is 22.9 Å². The fraction of sp³-hybridized carbons (Fsp3) is 0.381. The molecule has 0 saturated heterocycles. The summed E-state index contributed by atoms with van der Waals surface area (Å²) in [7, 11) is 0. The zero-order valence-electron chi connectivity index (χ0n) is 14.3. The van der Waals surface area contributed by atoms with Gasteiger partial charge >= 0.3 is 0 Å². The van der Waals surface area contributed by atoms with Crippen molar-refractivity contribution in [2.75, 3.05) is 6.54 Å². The molecule has 0 atom stereocenters. The Labute approximate surface area is 148 Å². The second kappa shape index (κ2) is 7.94. The zero-order valence-corrected chi connectivity index (χ0v) is 14.3. The number of amides is 1. The van der Waals surface area contributed by atoms with Crippen LogP contribution in [-0.4, -0.2) is 18.7 Å². The largest absolute Gasteiger partial charge is 0.356 e. The maximum Gasteiger partial charge on any atom is 0.224 e. The van der Waals surface area contributed by atoms with Crippen LogP contribution in [-0.2, 0) is 11.2 Å². The molecular formula is C21H23N3O. The molecule has 1 aliphatic rings. The van der Waals surface area contributed by atoms with Crippen molar-refractivity contribution in [3.8, 4) is 6.07 Å². The number of benzene rings is 2. The maximum atomic E-state index is 12.4. The first-order valence-corrected chi connectivity index (χ1v) is 8.88. The van der Waals surface area contributed by atoms with Crippen LogP contribution in [0.4, 0.5) is 0 Å². The van der Waals surface area contributed by atoms with Gasteiger partial charge in [0, 0.05) is 18.7 Å². The summed E-state index contributed by atoms with van der Waals surface area (Å²) in [6.45, 7) is 0.702. The van der Waals surface area contributed by atoms with E-state index in [9.17, 15) is 4.79 Å². The summed E-state index contributed by atoms with van der Waals surface area (Å²) in [6.07, 6.45) is 5.65. The van der Waals surface area contributed by atoms with Gasteiger partial charge in [-0.1, -0.05) is 36.4 Å². The maximum absolute atomic E-state index is 12.4. The predicted molar refractivity (Wildman–Crippen MR) is 99.6 cm³/mol. The van der Waals surface area contributed by atoms with Gasteiger partial charge in [-0.3, -0.25) is 4.79 Å². The van der Waals surface area contributed by atoms with Crippen LogP contribution >= 0.6 is 0 Å². The highest BCUT2D eigenvalue weighted by Gasteiger charge is 2.21. The van der Waals surface area contributed by atoms with Crippen molar-refractivity contribution in [3.05, 3.63) is 47.5 Å². The molecule has 2 N–H and O–H groups in total. The standard InChI is InChI=1S/C21H23N3O/c22-12-15-5-7-16(8-6-15)14-24-21(25)11-17-9-10-18(13-23)20-4-2-1-3-19(17)20/h1-4,9-10,13,15-16,23H,5-8,11,14H2,(H,24,25). The molecule has 1 saturated carbocycles. The van der Waals surface area contributed by atoms with E-state index in [1.54, 1.807) is 0 Å². The number of carbonyl (C=O) groups excluding carboxylic acids is 1. The number of hydrogen-bond donors (Lipinski definition) is 2. The van der Waals surface area contributed by atoms with E-state index < -0.39 is 0 Å². The van der Waals surface area contributed by atoms with Gasteiger partial charge in [-0.2, -0.15) is 5.26 Å². The Hall–Kier alpha value is -2.67. The lowest BCUT2D eigenvalue weighted by molar-refractivity contribution is -0.120. The van der Waals surface area contributed by atoms with E-state index in [-0.39, 0.29) is 11.8 Å². The van der Waals surface area contributed by atoms with E-state index >= 15 is 0 Å². The third-order valence-corrected chi connectivity index (χ3v) is 5.17. The van der Waals surface area contributed by atoms with Gasteiger partial charge in [0.25, 0.3) is 0 Å². The minimum absolute atomic E-state index is 0.0372. The SMILES string of the molecule is N#CC1CCC(CNC(=O)Cc2ccc(C=N)c3ccccc23)CC1. The third kappa shape index (κ3) is 4.06. The molecule has 0 heterocycles. The third-order valence-electron chi connectivity index (χ3n) is 5.17. The van der Waals surface area contributed by atoms with Gasteiger partial charge in [0.2, 0.25) is 5.91 Å². The molecule has 128 valence electrons. The molecule has 0 spiro atoms. The van der Waals surface area contributed by atoms with E-state index in [2.05, 4.69) is 11.4 Å². The summed E-state index contributed by atoms with van der Waals surface area (Å²) < 4.78 is 0. The van der Waals surface area contributed by atoms with Crippen LogP contribution in [0.5, 0.6) is 0 Å². The van der Waals surface area contributed by atoms with E-state index in [1.807, 2.05) is 36.4 Å². The molecule has 3 rings (SSSR count). The quantitative estimate of drug-likeness (QED) is 0.816. The van der Waals surface area contributed by atoms with E-state index in [0.29, 0.717) is 18.9 Å². The number of nitriles is 1. The summed E-state index contributed by atoms with van der Waals surface area (Å²) in [6, 6.07) is 14.1. The molecule has 1 fully saturated rings. The van der Waals surface area contributed by atoms with Crippen LogP contribution in [0.2, 0.25) is 0 Å². The number of rotatable bonds is 5. The lowest BCUT2D eigenvalue weighted by Gasteiger charge is -2.24. The fourth-order valence-corrected chi connectivity index (χ4v) is 3.65. The van der Waals surface area contributed by atoms with Crippen molar-refractivity contribution in [1.82, 2.24) is 5.32 Å². The smallest absolute Gasteiger partial charge is 0.224 e. The summed E-state index contributed by atoms with van der Waals surface area (Å²) in [4.78, 5) is 12.4. The van der Waals surface area contributed by atoms with Crippen molar-refractivity contribution in [3.63, 3.8) is 0 Å². The Kier molecular flexibility index (Phi) is 5.45. The molecule has 0 bridgehead atoms. The fourth-order valence-electron chi connectivity index (χ4n) is 3.65. The molecule has 4 heteroatoms. The Morgan fingerprint density at radius 1 is 1.16 bits per heavy atom. The Morgan fingerprint density at radius 2 is 1.88 bits per heavy atom. The zero-order chi connectivity index (χ0) is 17.6. The summed E-state index contributed by atoms with van der Waals surface area (Å²) in [5, 5.41) is 21.6. The first kappa shape index (κ1) is 17.2. The molecule has 2 aromatic carbocycles. The number of fused-ring (bicyclic) bond motifs is 1. The topological polar surface area (TPSA) is 76.7 Å². The molecule has 0 aromatic heterocycles. The molecule has 0 unspecified atom stereocenters. The Bertz CT molecular complexity index is 813. The van der Waals surface area contributed by atoms with Gasteiger partial charge in [0.1, 0.15) is 0 Å². The van der Waals surface area contributed by atoms with Crippen molar-refractivity contribution < 1.29 is 4.79 Å². The molecule has 1 amide bonds. The average Bonchev–Trinajstić information content (AvgIpc) is 2.67. The van der Waals surface area contributed by atoms with E-state index in [1.165, 1.54) is 6.21 Å². The number of nitrogens with zero attached hydrogens (tertiary/aromatic N) is 1. The minimum Gasteiger partial charge on any atom is -0.356 e. The first-order valence-electron chi connectivity index (χ1n) is 8.88. The van der Waals surface area contributed by atoms with Crippen molar-refractivity contribution in [2.45, 2.75) is 32.1 Å². The lowest BCUT2D eigenvalue weighted by Crippen LogP contribution is -2.32. The van der Waals surface area contributed by atoms with Crippen LogP contribution < -0.4 is 5.32 Å². The Balaban J connectivity index is 1.61. The molecule has 4 nitrogen and oxygen atoms in total. The molecule has 25 heavy (non-hydrogen) atoms.